The van der Waals surface area contributed by atoms with Crippen LogP contribution < -0.4 is 16.0 Å². The first-order valence-corrected chi connectivity index (χ1v) is 7.65. The second-order valence-corrected chi connectivity index (χ2v) is 6.86. The van der Waals surface area contributed by atoms with E-state index < -0.39 is 34.9 Å². The number of rotatable bonds is 4. The molecule has 0 spiro atoms. The molecule has 130 valence electrons. The molecule has 1 aromatic carbocycles. The van der Waals surface area contributed by atoms with Gasteiger partial charge in [0.2, 0.25) is 5.91 Å². The van der Waals surface area contributed by atoms with Crippen LogP contribution in [-0.4, -0.2) is 48.4 Å². The van der Waals surface area contributed by atoms with Gasteiger partial charge in [0.1, 0.15) is 17.3 Å². The third kappa shape index (κ3) is 2.56. The van der Waals surface area contributed by atoms with E-state index in [1.165, 1.54) is 13.0 Å². The Bertz CT molecular complexity index is 701. The van der Waals surface area contributed by atoms with Crippen LogP contribution in [0.3, 0.4) is 0 Å². The zero-order chi connectivity index (χ0) is 17.7. The van der Waals surface area contributed by atoms with Crippen molar-refractivity contribution in [2.45, 2.75) is 31.0 Å². The summed E-state index contributed by atoms with van der Waals surface area (Å²) >= 11 is 0. The summed E-state index contributed by atoms with van der Waals surface area (Å²) in [5.41, 5.74) is 4.04. The molecule has 2 heterocycles. The summed E-state index contributed by atoms with van der Waals surface area (Å²) in [6, 6.07) is 4.38. The molecule has 1 aromatic rings. The number of nitrogens with zero attached hydrogens (tertiary/aromatic N) is 1. The number of aliphatic hydroxyl groups is 1. The van der Waals surface area contributed by atoms with E-state index in [-0.39, 0.29) is 6.54 Å². The van der Waals surface area contributed by atoms with Gasteiger partial charge in [-0.2, -0.15) is 0 Å². The quantitative estimate of drug-likeness (QED) is 0.730. The molecule has 2 aliphatic rings. The number of nitrogens with two attached hydrogens (primary N) is 1. The molecule has 24 heavy (non-hydrogen) atoms. The second kappa shape index (κ2) is 5.34. The number of carbonyl (C=O) groups excluding carboxylic acids is 2. The predicted molar refractivity (Wildman–Crippen MR) is 84.1 cm³/mol. The van der Waals surface area contributed by atoms with Crippen LogP contribution in [0.1, 0.15) is 19.4 Å². The highest BCUT2D eigenvalue weighted by Gasteiger charge is 2.47. The molecule has 2 fully saturated rings. The van der Waals surface area contributed by atoms with Gasteiger partial charge in [0, 0.05) is 13.1 Å². The largest absolute Gasteiger partial charge is 0.443 e. The number of ether oxygens (including phenoxy) is 1. The number of primary amides is 1. The number of halogens is 1. The van der Waals surface area contributed by atoms with Gasteiger partial charge in [-0.25, -0.2) is 9.18 Å². The number of amides is 2. The summed E-state index contributed by atoms with van der Waals surface area (Å²) < 4.78 is 19.6. The SMILES string of the molecule is CC1(O)CN(c2ccc(C(C)(C(N)=O)C3CNC(=O)O3)cc2F)C1. The maximum atomic E-state index is 14.5. The van der Waals surface area contributed by atoms with E-state index in [0.29, 0.717) is 24.3 Å². The molecule has 7 nitrogen and oxygen atoms in total. The number of alkyl carbamates (subject to hydrolysis) is 1. The van der Waals surface area contributed by atoms with Crippen LogP contribution in [0.4, 0.5) is 14.9 Å². The molecule has 2 atom stereocenters. The molecule has 0 bridgehead atoms. The molecule has 8 heteroatoms. The van der Waals surface area contributed by atoms with Gasteiger partial charge < -0.3 is 25.8 Å². The number of hydrogen-bond donors (Lipinski definition) is 3. The average Bonchev–Trinajstić information content (AvgIpc) is 2.90. The smallest absolute Gasteiger partial charge is 0.407 e. The number of cyclic esters (lactones) is 1. The molecule has 2 saturated heterocycles. The molecule has 4 N–H and O–H groups in total. The van der Waals surface area contributed by atoms with Crippen LogP contribution in [0.25, 0.3) is 0 Å². The summed E-state index contributed by atoms with van der Waals surface area (Å²) in [5.74, 6) is -1.23. The van der Waals surface area contributed by atoms with Gasteiger partial charge in [0.05, 0.1) is 17.8 Å². The van der Waals surface area contributed by atoms with E-state index in [4.69, 9.17) is 10.5 Å². The van der Waals surface area contributed by atoms with Crippen LogP contribution >= 0.6 is 0 Å². The summed E-state index contributed by atoms with van der Waals surface area (Å²) in [7, 11) is 0. The van der Waals surface area contributed by atoms with Crippen LogP contribution in [0.2, 0.25) is 0 Å². The van der Waals surface area contributed by atoms with E-state index in [2.05, 4.69) is 5.32 Å². The number of anilines is 1. The molecule has 0 radical (unpaired) electrons. The summed E-state index contributed by atoms with van der Waals surface area (Å²) in [5, 5.41) is 12.3. The topological polar surface area (TPSA) is 105 Å². The first-order valence-electron chi connectivity index (χ1n) is 7.65. The van der Waals surface area contributed by atoms with Gasteiger partial charge >= 0.3 is 6.09 Å². The van der Waals surface area contributed by atoms with Gasteiger partial charge in [0.25, 0.3) is 0 Å². The Hall–Kier alpha value is -2.35. The Morgan fingerprint density at radius 2 is 2.21 bits per heavy atom. The maximum absolute atomic E-state index is 14.5. The lowest BCUT2D eigenvalue weighted by atomic mass is 9.76. The lowest BCUT2D eigenvalue weighted by Gasteiger charge is -2.46. The molecule has 3 rings (SSSR count). The standard InChI is InChI=1S/C16H20FN3O4/c1-15(23)7-20(8-15)11-4-3-9(5-10(11)17)16(2,13(18)21)12-6-19-14(22)24-12/h3-5,12,23H,6-8H2,1-2H3,(H2,18,21)(H,19,22). The minimum absolute atomic E-state index is 0.122. The number of β-amino-alcohol motifs (C(OH)–C–C–N with tert-alkyl or cyclic N) is 1. The van der Waals surface area contributed by atoms with Gasteiger partial charge in [-0.3, -0.25) is 4.79 Å². The van der Waals surface area contributed by atoms with Crippen molar-refractivity contribution in [3.05, 3.63) is 29.6 Å². The zero-order valence-corrected chi connectivity index (χ0v) is 13.5. The normalized spacial score (nSPS) is 24.6. The molecule has 2 aliphatic heterocycles. The van der Waals surface area contributed by atoms with Crippen LogP contribution in [0.15, 0.2) is 18.2 Å². The highest BCUT2D eigenvalue weighted by Crippen LogP contribution is 2.35. The first-order chi connectivity index (χ1) is 11.1. The van der Waals surface area contributed by atoms with E-state index in [1.807, 2.05) is 0 Å². The molecular weight excluding hydrogens is 317 g/mol. The van der Waals surface area contributed by atoms with Crippen molar-refractivity contribution in [1.82, 2.24) is 5.32 Å². The Morgan fingerprint density at radius 3 is 2.67 bits per heavy atom. The third-order valence-electron chi connectivity index (χ3n) is 4.79. The van der Waals surface area contributed by atoms with Gasteiger partial charge in [-0.15, -0.1) is 0 Å². The van der Waals surface area contributed by atoms with Crippen molar-refractivity contribution in [3.63, 3.8) is 0 Å². The summed E-state index contributed by atoms with van der Waals surface area (Å²) in [6.45, 7) is 4.00. The van der Waals surface area contributed by atoms with E-state index in [0.717, 1.165) is 0 Å². The van der Waals surface area contributed by atoms with Crippen molar-refractivity contribution >= 4 is 17.7 Å². The number of hydrogen-bond acceptors (Lipinski definition) is 5. The lowest BCUT2D eigenvalue weighted by molar-refractivity contribution is -0.126. The van der Waals surface area contributed by atoms with E-state index in [1.54, 1.807) is 24.0 Å². The minimum Gasteiger partial charge on any atom is -0.443 e. The second-order valence-electron chi connectivity index (χ2n) is 6.86. The summed E-state index contributed by atoms with van der Waals surface area (Å²) in [6.07, 6.45) is -1.44. The average molecular weight is 337 g/mol. The minimum atomic E-state index is -1.35. The number of nitrogens with one attached hydrogen (secondary N) is 1. The fourth-order valence-corrected chi connectivity index (χ4v) is 3.23. The van der Waals surface area contributed by atoms with E-state index in [9.17, 15) is 19.1 Å². The first kappa shape index (κ1) is 16.5. The van der Waals surface area contributed by atoms with Crippen molar-refractivity contribution < 1.29 is 23.8 Å². The molecule has 0 aromatic heterocycles. The Labute approximate surface area is 138 Å². The highest BCUT2D eigenvalue weighted by atomic mass is 19.1. The van der Waals surface area contributed by atoms with Crippen LogP contribution in [-0.2, 0) is 14.9 Å². The number of carbonyl (C=O) groups is 2. The maximum Gasteiger partial charge on any atom is 0.407 e. The molecule has 2 unspecified atom stereocenters. The molecule has 2 amide bonds. The fraction of sp³-hybridized carbons (Fsp3) is 0.500. The highest BCUT2D eigenvalue weighted by molar-refractivity contribution is 5.88. The molecule has 0 aliphatic carbocycles. The Morgan fingerprint density at radius 1 is 1.54 bits per heavy atom. The van der Waals surface area contributed by atoms with Crippen LogP contribution in [0, 0.1) is 5.82 Å². The number of benzene rings is 1. The van der Waals surface area contributed by atoms with Crippen LogP contribution in [0.5, 0.6) is 0 Å². The van der Waals surface area contributed by atoms with E-state index >= 15 is 0 Å². The molecular formula is C16H20FN3O4. The van der Waals surface area contributed by atoms with Gasteiger partial charge in [-0.05, 0) is 31.5 Å². The predicted octanol–water partition coefficient (Wildman–Crippen LogP) is 0.248. The van der Waals surface area contributed by atoms with Crippen molar-refractivity contribution in [2.24, 2.45) is 5.73 Å². The monoisotopic (exact) mass is 337 g/mol. The molecule has 0 saturated carbocycles. The van der Waals surface area contributed by atoms with Crippen molar-refractivity contribution in [2.75, 3.05) is 24.5 Å². The fourth-order valence-electron chi connectivity index (χ4n) is 3.23. The zero-order valence-electron chi connectivity index (χ0n) is 13.5. The van der Waals surface area contributed by atoms with Gasteiger partial charge in [0.15, 0.2) is 0 Å². The summed E-state index contributed by atoms with van der Waals surface area (Å²) in [4.78, 5) is 25.0. The van der Waals surface area contributed by atoms with Crippen molar-refractivity contribution in [1.29, 1.82) is 0 Å². The lowest BCUT2D eigenvalue weighted by Crippen LogP contribution is -2.60. The Balaban J connectivity index is 1.91. The van der Waals surface area contributed by atoms with Crippen molar-refractivity contribution in [3.8, 4) is 0 Å². The third-order valence-corrected chi connectivity index (χ3v) is 4.79. The van der Waals surface area contributed by atoms with Gasteiger partial charge in [-0.1, -0.05) is 6.07 Å². The Kier molecular flexibility index (Phi) is 3.67.